The predicted octanol–water partition coefficient (Wildman–Crippen LogP) is 3.15. The molecular weight excluding hydrogens is 572 g/mol. The third kappa shape index (κ3) is 5.68. The summed E-state index contributed by atoms with van der Waals surface area (Å²) < 4.78 is 34.6. The second-order valence-electron chi connectivity index (χ2n) is 9.22. The van der Waals surface area contributed by atoms with Crippen molar-refractivity contribution in [2.75, 3.05) is 51.3 Å². The number of fused-ring (bicyclic) bond motifs is 1. The smallest absolute Gasteiger partial charge is 0.258 e. The van der Waals surface area contributed by atoms with Gasteiger partial charge in [0.15, 0.2) is 11.6 Å². The van der Waals surface area contributed by atoms with Crippen molar-refractivity contribution in [2.24, 2.45) is 0 Å². The number of hydrogen-bond donors (Lipinski definition) is 1. The van der Waals surface area contributed by atoms with Crippen molar-refractivity contribution in [1.82, 2.24) is 24.1 Å². The Hall–Kier alpha value is -3.06. The van der Waals surface area contributed by atoms with Gasteiger partial charge in [-0.05, 0) is 40.7 Å². The Kier molecular flexibility index (Phi) is 7.93. The van der Waals surface area contributed by atoms with Gasteiger partial charge in [-0.1, -0.05) is 30.3 Å². The van der Waals surface area contributed by atoms with E-state index >= 15 is 0 Å². The van der Waals surface area contributed by atoms with E-state index in [-0.39, 0.29) is 12.4 Å². The van der Waals surface area contributed by atoms with Gasteiger partial charge in [0, 0.05) is 56.4 Å². The quantitative estimate of drug-likeness (QED) is 0.228. The van der Waals surface area contributed by atoms with Crippen molar-refractivity contribution in [3.8, 4) is 17.0 Å². The lowest BCUT2D eigenvalue weighted by Gasteiger charge is -2.34. The number of aliphatic hydroxyl groups excluding tert-OH is 1. The highest BCUT2D eigenvalue weighted by Gasteiger charge is 2.25. The van der Waals surface area contributed by atoms with E-state index in [1.165, 1.54) is 6.20 Å². The molecule has 0 aliphatic carbocycles. The van der Waals surface area contributed by atoms with Gasteiger partial charge < -0.3 is 19.6 Å². The molecule has 1 fully saturated rings. The van der Waals surface area contributed by atoms with E-state index < -0.39 is 10.0 Å². The van der Waals surface area contributed by atoms with E-state index in [4.69, 9.17) is 9.72 Å². The molecule has 0 unspecified atom stereocenters. The molecule has 4 heterocycles. The molecule has 38 heavy (non-hydrogen) atoms. The van der Waals surface area contributed by atoms with Crippen LogP contribution in [0.25, 0.3) is 22.2 Å². The number of benzene rings is 1. The molecule has 0 spiro atoms. The van der Waals surface area contributed by atoms with Crippen LogP contribution in [0.2, 0.25) is 0 Å². The first-order chi connectivity index (χ1) is 18.4. The summed E-state index contributed by atoms with van der Waals surface area (Å²) in [5.74, 6) is 1.10. The molecule has 0 saturated carbocycles. The highest BCUT2D eigenvalue weighted by molar-refractivity contribution is 9.10. The lowest BCUT2D eigenvalue weighted by Crippen LogP contribution is -2.45. The number of pyridine rings is 2. The van der Waals surface area contributed by atoms with Gasteiger partial charge >= 0.3 is 0 Å². The van der Waals surface area contributed by atoms with Crippen LogP contribution >= 0.6 is 15.9 Å². The number of likely N-dealkylation sites (N-methyl/N-ethyl adjacent to an activating group) is 1. The van der Waals surface area contributed by atoms with Gasteiger partial charge in [0.25, 0.3) is 10.0 Å². The summed E-state index contributed by atoms with van der Waals surface area (Å²) in [5.41, 5.74) is 2.13. The fourth-order valence-electron chi connectivity index (χ4n) is 4.41. The summed E-state index contributed by atoms with van der Waals surface area (Å²) >= 11 is 3.41. The van der Waals surface area contributed by atoms with Gasteiger partial charge in [-0.25, -0.2) is 18.4 Å². The SMILES string of the molecule is CN1CCN(c2ncc(-c3nn(S(=O)(=O)Cc4ccccc4)c4cnc(Br)cc34)cc2OCCCO)CC1. The zero-order valence-electron chi connectivity index (χ0n) is 21.0. The third-order valence-electron chi connectivity index (χ3n) is 6.43. The summed E-state index contributed by atoms with van der Waals surface area (Å²) in [4.78, 5) is 13.4. The van der Waals surface area contributed by atoms with Crippen LogP contribution in [0.1, 0.15) is 12.0 Å². The van der Waals surface area contributed by atoms with Gasteiger partial charge in [0.2, 0.25) is 0 Å². The first-order valence-electron chi connectivity index (χ1n) is 12.3. The maximum Gasteiger partial charge on any atom is 0.258 e. The fraction of sp³-hybridized carbons (Fsp3) is 0.346. The number of anilines is 1. The average molecular weight is 602 g/mol. The maximum absolute atomic E-state index is 13.5. The van der Waals surface area contributed by atoms with Crippen LogP contribution in [0.15, 0.2) is 59.5 Å². The number of rotatable bonds is 9. The standard InChI is InChI=1S/C26H29BrN6O4S/c1-31-8-10-32(11-9-31)26-23(37-13-5-12-34)14-20(16-29-26)25-21-15-24(27)28-17-22(21)33(30-25)38(35,36)18-19-6-3-2-4-7-19/h2-4,6-7,14-17,34H,5,8-13,18H2,1H3. The van der Waals surface area contributed by atoms with Crippen LogP contribution in [0.4, 0.5) is 5.82 Å². The van der Waals surface area contributed by atoms with E-state index in [2.05, 4.69) is 42.9 Å². The molecule has 12 heteroatoms. The zero-order chi connectivity index (χ0) is 26.7. The van der Waals surface area contributed by atoms with Crippen molar-refractivity contribution in [3.05, 3.63) is 65.0 Å². The first-order valence-corrected chi connectivity index (χ1v) is 14.7. The molecular formula is C26H29BrN6O4S. The molecule has 10 nitrogen and oxygen atoms in total. The van der Waals surface area contributed by atoms with Crippen molar-refractivity contribution in [2.45, 2.75) is 12.2 Å². The summed E-state index contributed by atoms with van der Waals surface area (Å²) in [6.45, 7) is 3.80. The van der Waals surface area contributed by atoms with Crippen LogP contribution in [0.5, 0.6) is 5.75 Å². The minimum atomic E-state index is -3.84. The lowest BCUT2D eigenvalue weighted by molar-refractivity contribution is 0.233. The van der Waals surface area contributed by atoms with Gasteiger partial charge in [-0.3, -0.25) is 0 Å². The highest BCUT2D eigenvalue weighted by Crippen LogP contribution is 2.35. The summed E-state index contributed by atoms with van der Waals surface area (Å²) in [6.07, 6.45) is 3.69. The number of aromatic nitrogens is 4. The molecule has 1 saturated heterocycles. The molecule has 200 valence electrons. The normalized spacial score (nSPS) is 14.8. The predicted molar refractivity (Wildman–Crippen MR) is 150 cm³/mol. The third-order valence-corrected chi connectivity index (χ3v) is 8.36. The molecule has 0 amide bonds. The van der Waals surface area contributed by atoms with Gasteiger partial charge in [0.1, 0.15) is 15.8 Å². The molecule has 3 aromatic heterocycles. The van der Waals surface area contributed by atoms with Gasteiger partial charge in [0.05, 0.1) is 18.6 Å². The van der Waals surface area contributed by atoms with Crippen molar-refractivity contribution >= 4 is 42.7 Å². The molecule has 5 rings (SSSR count). The maximum atomic E-state index is 13.5. The molecule has 1 N–H and O–H groups in total. The zero-order valence-corrected chi connectivity index (χ0v) is 23.4. The Balaban J connectivity index is 1.58. The molecule has 1 aliphatic rings. The van der Waals surface area contributed by atoms with E-state index in [9.17, 15) is 13.5 Å². The molecule has 1 aliphatic heterocycles. The van der Waals surface area contributed by atoms with Crippen molar-refractivity contribution in [1.29, 1.82) is 0 Å². The second kappa shape index (κ2) is 11.4. The number of halogens is 1. The topological polar surface area (TPSA) is 114 Å². The fourth-order valence-corrected chi connectivity index (χ4v) is 6.13. The van der Waals surface area contributed by atoms with Crippen LogP contribution in [-0.2, 0) is 15.8 Å². The van der Waals surface area contributed by atoms with Crippen molar-refractivity contribution in [3.63, 3.8) is 0 Å². The molecule has 0 radical (unpaired) electrons. The lowest BCUT2D eigenvalue weighted by atomic mass is 10.1. The number of hydrogen-bond acceptors (Lipinski definition) is 9. The van der Waals surface area contributed by atoms with E-state index in [0.29, 0.717) is 51.1 Å². The summed E-state index contributed by atoms with van der Waals surface area (Å²) in [6, 6.07) is 12.6. The Morgan fingerprint density at radius 2 is 1.82 bits per heavy atom. The van der Waals surface area contributed by atoms with E-state index in [1.54, 1.807) is 24.4 Å². The number of piperazine rings is 1. The number of aliphatic hydroxyl groups is 1. The van der Waals surface area contributed by atoms with Crippen LogP contribution in [-0.4, -0.2) is 84.0 Å². The van der Waals surface area contributed by atoms with Crippen LogP contribution in [0.3, 0.4) is 0 Å². The molecule has 0 atom stereocenters. The van der Waals surface area contributed by atoms with Gasteiger partial charge in [-0.15, -0.1) is 0 Å². The van der Waals surface area contributed by atoms with E-state index in [1.807, 2.05) is 24.3 Å². The summed E-state index contributed by atoms with van der Waals surface area (Å²) in [5, 5.41) is 14.5. The number of nitrogens with zero attached hydrogens (tertiary/aromatic N) is 6. The monoisotopic (exact) mass is 600 g/mol. The Morgan fingerprint density at radius 1 is 1.05 bits per heavy atom. The Labute approximate surface area is 230 Å². The highest BCUT2D eigenvalue weighted by atomic mass is 79.9. The van der Waals surface area contributed by atoms with E-state index in [0.717, 1.165) is 36.1 Å². The Morgan fingerprint density at radius 3 is 2.55 bits per heavy atom. The molecule has 4 aromatic rings. The number of ether oxygens (including phenoxy) is 1. The largest absolute Gasteiger partial charge is 0.490 e. The minimum Gasteiger partial charge on any atom is -0.490 e. The second-order valence-corrected chi connectivity index (χ2v) is 11.8. The average Bonchev–Trinajstić information content (AvgIpc) is 3.29. The van der Waals surface area contributed by atoms with Gasteiger partial charge in [-0.2, -0.15) is 9.19 Å². The first kappa shape index (κ1) is 26.5. The molecule has 1 aromatic carbocycles. The van der Waals surface area contributed by atoms with Crippen LogP contribution in [0, 0.1) is 0 Å². The Bertz CT molecular complexity index is 1520. The van der Waals surface area contributed by atoms with Crippen LogP contribution < -0.4 is 9.64 Å². The minimum absolute atomic E-state index is 0.0201. The van der Waals surface area contributed by atoms with Crippen molar-refractivity contribution < 1.29 is 18.3 Å². The molecule has 0 bridgehead atoms. The summed E-state index contributed by atoms with van der Waals surface area (Å²) in [7, 11) is -1.75.